The van der Waals surface area contributed by atoms with Crippen molar-refractivity contribution in [2.24, 2.45) is 5.92 Å². The molecule has 8 nitrogen and oxygen atoms in total. The van der Waals surface area contributed by atoms with Crippen LogP contribution >= 0.6 is 0 Å². The molecule has 1 spiro atoms. The monoisotopic (exact) mass is 558 g/mol. The van der Waals surface area contributed by atoms with Crippen molar-refractivity contribution >= 4 is 37.2 Å². The van der Waals surface area contributed by atoms with Crippen LogP contribution in [0.1, 0.15) is 24.5 Å². The van der Waals surface area contributed by atoms with Gasteiger partial charge in [0.15, 0.2) is 20.5 Å². The molecule has 1 saturated heterocycles. The van der Waals surface area contributed by atoms with Gasteiger partial charge in [-0.1, -0.05) is 49.4 Å². The highest BCUT2D eigenvalue weighted by Gasteiger charge is 2.66. The van der Waals surface area contributed by atoms with Crippen molar-refractivity contribution in [3.63, 3.8) is 0 Å². The van der Waals surface area contributed by atoms with Gasteiger partial charge in [0.25, 0.3) is 11.8 Å². The van der Waals surface area contributed by atoms with Gasteiger partial charge in [0, 0.05) is 29.3 Å². The molecule has 3 aromatic carbocycles. The van der Waals surface area contributed by atoms with E-state index < -0.39 is 20.0 Å². The second-order valence-electron chi connectivity index (χ2n) is 11.4. The number of hydrogen-bond donors (Lipinski definition) is 2. The van der Waals surface area contributed by atoms with Crippen molar-refractivity contribution in [1.82, 2.24) is 0 Å². The number of benzene rings is 3. The molecule has 0 unspecified atom stereocenters. The second kappa shape index (κ2) is 9.85. The van der Waals surface area contributed by atoms with Crippen LogP contribution in [0.5, 0.6) is 5.75 Å². The Hall–Kier alpha value is -3.50. The fourth-order valence-corrected chi connectivity index (χ4v) is 9.51. The Morgan fingerprint density at radius 2 is 1.73 bits per heavy atom. The number of ether oxygens (including phenoxy) is 2. The zero-order valence-electron chi connectivity index (χ0n) is 22.9. The average molecular weight is 559 g/mol. The molecule has 9 heteroatoms. The number of nitrogens with zero attached hydrogens (tertiary/aromatic N) is 2. The normalized spacial score (nSPS) is 25.8. The lowest BCUT2D eigenvalue weighted by Gasteiger charge is -2.33. The Kier molecular flexibility index (Phi) is 6.57. The van der Waals surface area contributed by atoms with Crippen LogP contribution in [0.4, 0.5) is 17.1 Å². The van der Waals surface area contributed by atoms with Crippen LogP contribution in [0.2, 0.25) is 18.6 Å². The van der Waals surface area contributed by atoms with Crippen molar-refractivity contribution in [1.29, 1.82) is 0 Å². The van der Waals surface area contributed by atoms with Crippen molar-refractivity contribution in [2.75, 3.05) is 23.0 Å². The molecule has 2 N–H and O–H groups in total. The van der Waals surface area contributed by atoms with Crippen LogP contribution in [-0.4, -0.2) is 49.4 Å². The lowest BCUT2D eigenvalue weighted by molar-refractivity contribution is -0.146. The first-order valence-electron chi connectivity index (χ1n) is 13.7. The van der Waals surface area contributed by atoms with E-state index in [-0.39, 0.29) is 36.5 Å². The Labute approximate surface area is 234 Å². The summed E-state index contributed by atoms with van der Waals surface area (Å²) in [6.07, 6.45) is -0.154. The SMILES string of the molecule is C[C@@H]1[C@@H]([Si](C)(C)O)[C@H](CCO)O[C@@]12C(=O)N(Cc1ccccc1)c1ccc(N3C(=O)COc4ccccc43)cc12. The van der Waals surface area contributed by atoms with Gasteiger partial charge in [0.2, 0.25) is 0 Å². The average Bonchev–Trinajstić information content (AvgIpc) is 3.36. The van der Waals surface area contributed by atoms with Gasteiger partial charge in [-0.25, -0.2) is 0 Å². The van der Waals surface area contributed by atoms with Gasteiger partial charge in [-0.2, -0.15) is 0 Å². The van der Waals surface area contributed by atoms with Crippen LogP contribution in [-0.2, 0) is 26.5 Å². The Balaban J connectivity index is 1.52. The lowest BCUT2D eigenvalue weighted by atomic mass is 9.82. The maximum absolute atomic E-state index is 14.5. The van der Waals surface area contributed by atoms with E-state index in [1.807, 2.05) is 92.8 Å². The third-order valence-corrected chi connectivity index (χ3v) is 11.0. The summed E-state index contributed by atoms with van der Waals surface area (Å²) in [6.45, 7) is 5.87. The minimum atomic E-state index is -2.82. The lowest BCUT2D eigenvalue weighted by Crippen LogP contribution is -2.46. The van der Waals surface area contributed by atoms with E-state index in [1.165, 1.54) is 0 Å². The molecule has 0 radical (unpaired) electrons. The standard InChI is InChI=1S/C31H34N2O6Si/c1-20-29(40(2,3)37)27(15-16-34)39-31(20)23-17-22(33-25-11-7-8-12-26(25)38-19-28(33)35)13-14-24(23)32(30(31)36)18-21-9-5-4-6-10-21/h4-14,17,20,27,29,34,37H,15-16,18-19H2,1-3H3/t20-,27+,29-,31+/m1/s1. The molecule has 6 rings (SSSR count). The van der Waals surface area contributed by atoms with E-state index in [1.54, 1.807) is 9.80 Å². The van der Waals surface area contributed by atoms with Crippen LogP contribution in [0.15, 0.2) is 72.8 Å². The van der Waals surface area contributed by atoms with E-state index in [2.05, 4.69) is 0 Å². The van der Waals surface area contributed by atoms with Gasteiger partial charge in [-0.05, 0) is 55.4 Å². The van der Waals surface area contributed by atoms with Gasteiger partial charge in [-0.15, -0.1) is 0 Å². The highest BCUT2D eigenvalue weighted by atomic mass is 28.4. The minimum absolute atomic E-state index is 0.0871. The van der Waals surface area contributed by atoms with Gasteiger partial charge in [0.1, 0.15) is 5.75 Å². The molecule has 3 aliphatic heterocycles. The third-order valence-electron chi connectivity index (χ3n) is 8.53. The van der Waals surface area contributed by atoms with Crippen molar-refractivity contribution in [3.8, 4) is 5.75 Å². The molecule has 0 saturated carbocycles. The summed E-state index contributed by atoms with van der Waals surface area (Å²) in [7, 11) is -2.82. The van der Waals surface area contributed by atoms with E-state index >= 15 is 0 Å². The summed E-state index contributed by atoms with van der Waals surface area (Å²) in [5, 5.41) is 9.87. The van der Waals surface area contributed by atoms with Gasteiger partial charge in [-0.3, -0.25) is 14.5 Å². The number of aliphatic hydroxyl groups excluding tert-OH is 1. The van der Waals surface area contributed by atoms with E-state index in [4.69, 9.17) is 9.47 Å². The number of carbonyl (C=O) groups excluding carboxylic acids is 2. The maximum Gasteiger partial charge on any atom is 0.269 e. The zero-order valence-corrected chi connectivity index (χ0v) is 23.9. The molecule has 0 aromatic heterocycles. The molecule has 3 aromatic rings. The highest BCUT2D eigenvalue weighted by Crippen LogP contribution is 2.60. The van der Waals surface area contributed by atoms with E-state index in [9.17, 15) is 19.5 Å². The van der Waals surface area contributed by atoms with Crippen LogP contribution in [0.25, 0.3) is 0 Å². The fraction of sp³-hybridized carbons (Fsp3) is 0.355. The van der Waals surface area contributed by atoms with Gasteiger partial charge in [0.05, 0.1) is 24.0 Å². The number of fused-ring (bicyclic) bond motifs is 3. The van der Waals surface area contributed by atoms with Crippen LogP contribution in [0, 0.1) is 5.92 Å². The topological polar surface area (TPSA) is 99.5 Å². The molecule has 0 aliphatic carbocycles. The number of carbonyl (C=O) groups is 2. The smallest absolute Gasteiger partial charge is 0.269 e. The summed E-state index contributed by atoms with van der Waals surface area (Å²) in [6, 6.07) is 22.8. The Morgan fingerprint density at radius 1 is 1.00 bits per heavy atom. The molecule has 4 atom stereocenters. The minimum Gasteiger partial charge on any atom is -0.482 e. The summed E-state index contributed by atoms with van der Waals surface area (Å²) in [4.78, 5) is 42.4. The molecule has 1 fully saturated rings. The summed E-state index contributed by atoms with van der Waals surface area (Å²) >= 11 is 0. The number of hydrogen-bond acceptors (Lipinski definition) is 6. The van der Waals surface area contributed by atoms with Gasteiger partial charge >= 0.3 is 0 Å². The van der Waals surface area contributed by atoms with Crippen molar-refractivity contribution in [3.05, 3.63) is 83.9 Å². The molecule has 3 aliphatic rings. The van der Waals surface area contributed by atoms with E-state index in [0.29, 0.717) is 35.7 Å². The Bertz CT molecular complexity index is 1460. The van der Waals surface area contributed by atoms with E-state index in [0.717, 1.165) is 11.3 Å². The van der Waals surface area contributed by atoms with Crippen molar-refractivity contribution in [2.45, 2.75) is 50.2 Å². The first-order valence-corrected chi connectivity index (χ1v) is 16.8. The van der Waals surface area contributed by atoms with Crippen LogP contribution < -0.4 is 14.5 Å². The molecular formula is C31H34N2O6Si. The molecule has 3 heterocycles. The van der Waals surface area contributed by atoms with Crippen LogP contribution in [0.3, 0.4) is 0 Å². The molecule has 2 amide bonds. The predicted octanol–water partition coefficient (Wildman–Crippen LogP) is 4.47. The summed E-state index contributed by atoms with van der Waals surface area (Å²) in [5.74, 6) is -0.141. The molecular weight excluding hydrogens is 524 g/mol. The molecule has 40 heavy (non-hydrogen) atoms. The number of anilines is 3. The molecule has 208 valence electrons. The zero-order chi connectivity index (χ0) is 28.2. The largest absolute Gasteiger partial charge is 0.482 e. The summed E-state index contributed by atoms with van der Waals surface area (Å²) < 4.78 is 12.4. The fourth-order valence-electron chi connectivity index (χ4n) is 6.91. The number of aliphatic hydroxyl groups is 1. The second-order valence-corrected chi connectivity index (χ2v) is 15.4. The van der Waals surface area contributed by atoms with Gasteiger partial charge < -0.3 is 24.3 Å². The number of rotatable bonds is 6. The predicted molar refractivity (Wildman–Crippen MR) is 154 cm³/mol. The Morgan fingerprint density at radius 3 is 2.45 bits per heavy atom. The number of amides is 2. The third kappa shape index (κ3) is 4.07. The quantitative estimate of drug-likeness (QED) is 0.433. The maximum atomic E-state index is 14.5. The highest BCUT2D eigenvalue weighted by molar-refractivity contribution is 6.71. The number of para-hydroxylation sites is 2. The van der Waals surface area contributed by atoms with Crippen molar-refractivity contribution < 1.29 is 29.0 Å². The first-order chi connectivity index (χ1) is 19.2. The first kappa shape index (κ1) is 26.7. The molecule has 0 bridgehead atoms. The summed E-state index contributed by atoms with van der Waals surface area (Å²) in [5.41, 5.74) is 2.00.